The molecule has 3 aromatic rings. The number of carbonyl (C=O) groups is 1. The van der Waals surface area contributed by atoms with E-state index in [-0.39, 0.29) is 18.4 Å². The first-order valence-corrected chi connectivity index (χ1v) is 10.5. The fraction of sp³-hybridized carbons (Fsp3) is 0.429. The Morgan fingerprint density at radius 2 is 2.04 bits per heavy atom. The lowest BCUT2D eigenvalue weighted by Gasteiger charge is -2.32. The highest BCUT2D eigenvalue weighted by atomic mass is 32.1. The molecule has 6 nitrogen and oxygen atoms in total. The third-order valence-corrected chi connectivity index (χ3v) is 6.41. The van der Waals surface area contributed by atoms with Gasteiger partial charge in [-0.3, -0.25) is 4.79 Å². The Bertz CT molecular complexity index is 946. The molecule has 0 radical (unpaired) electrons. The smallest absolute Gasteiger partial charge is 0.222 e. The molecule has 0 spiro atoms. The third kappa shape index (κ3) is 4.05. The summed E-state index contributed by atoms with van der Waals surface area (Å²) in [6.07, 6.45) is 4.65. The molecule has 0 bridgehead atoms. The maximum Gasteiger partial charge on any atom is 0.222 e. The van der Waals surface area contributed by atoms with Crippen LogP contribution in [-0.4, -0.2) is 44.0 Å². The molecular formula is C21H24N4O2S. The summed E-state index contributed by atoms with van der Waals surface area (Å²) in [7, 11) is 0. The molecule has 0 aliphatic carbocycles. The number of hydrogen-bond acceptors (Lipinski definition) is 6. The van der Waals surface area contributed by atoms with Gasteiger partial charge in [0.1, 0.15) is 5.82 Å². The number of likely N-dealkylation sites (tertiary alicyclic amines) is 1. The monoisotopic (exact) mass is 396 g/mol. The maximum atomic E-state index is 12.6. The Hall–Kier alpha value is -2.38. The third-order valence-electron chi connectivity index (χ3n) is 5.31. The zero-order chi connectivity index (χ0) is 19.5. The molecule has 1 saturated heterocycles. The van der Waals surface area contributed by atoms with Crippen LogP contribution in [0.25, 0.3) is 10.2 Å². The van der Waals surface area contributed by atoms with Gasteiger partial charge in [-0.25, -0.2) is 15.0 Å². The van der Waals surface area contributed by atoms with Crippen LogP contribution in [0.2, 0.25) is 0 Å². The number of piperidine rings is 1. The Kier molecular flexibility index (Phi) is 5.64. The number of para-hydroxylation sites is 1. The van der Waals surface area contributed by atoms with Crippen LogP contribution in [0.1, 0.15) is 47.3 Å². The number of aromatic nitrogens is 3. The van der Waals surface area contributed by atoms with Crippen LogP contribution >= 0.6 is 11.3 Å². The zero-order valence-corrected chi connectivity index (χ0v) is 16.8. The molecule has 28 heavy (non-hydrogen) atoms. The number of benzene rings is 1. The molecule has 0 saturated carbocycles. The molecule has 1 aliphatic heterocycles. The van der Waals surface area contributed by atoms with Crippen LogP contribution in [0.3, 0.4) is 0 Å². The summed E-state index contributed by atoms with van der Waals surface area (Å²) < 4.78 is 1.17. The summed E-state index contributed by atoms with van der Waals surface area (Å²) in [4.78, 5) is 27.9. The van der Waals surface area contributed by atoms with E-state index in [0.717, 1.165) is 53.5 Å². The van der Waals surface area contributed by atoms with Gasteiger partial charge in [-0.05, 0) is 31.9 Å². The predicted octanol–water partition coefficient (Wildman–Crippen LogP) is 3.23. The molecule has 3 heterocycles. The topological polar surface area (TPSA) is 79.2 Å². The van der Waals surface area contributed by atoms with Crippen molar-refractivity contribution in [1.82, 2.24) is 19.9 Å². The maximum absolute atomic E-state index is 12.6. The Morgan fingerprint density at radius 1 is 1.25 bits per heavy atom. The second-order valence-electron chi connectivity index (χ2n) is 7.22. The van der Waals surface area contributed by atoms with Crippen LogP contribution < -0.4 is 0 Å². The number of aliphatic hydroxyl groups excluding tert-OH is 1. The number of carbonyl (C=O) groups excluding carboxylic acids is 1. The van der Waals surface area contributed by atoms with E-state index < -0.39 is 0 Å². The molecule has 2 aromatic heterocycles. The van der Waals surface area contributed by atoms with Gasteiger partial charge in [0.15, 0.2) is 0 Å². The van der Waals surface area contributed by atoms with E-state index in [9.17, 15) is 9.90 Å². The highest BCUT2D eigenvalue weighted by molar-refractivity contribution is 7.18. The zero-order valence-electron chi connectivity index (χ0n) is 16.0. The van der Waals surface area contributed by atoms with Crippen LogP contribution in [0.15, 0.2) is 30.5 Å². The molecule has 1 fully saturated rings. The normalized spacial score (nSPS) is 15.3. The van der Waals surface area contributed by atoms with Crippen molar-refractivity contribution in [2.75, 3.05) is 13.1 Å². The number of amides is 1. The molecule has 1 amide bonds. The number of hydrogen-bond donors (Lipinski definition) is 1. The largest absolute Gasteiger partial charge is 0.392 e. The van der Waals surface area contributed by atoms with Crippen molar-refractivity contribution in [2.24, 2.45) is 0 Å². The van der Waals surface area contributed by atoms with Gasteiger partial charge in [0.2, 0.25) is 5.91 Å². The van der Waals surface area contributed by atoms with Crippen molar-refractivity contribution >= 4 is 27.5 Å². The van der Waals surface area contributed by atoms with Crippen molar-refractivity contribution in [1.29, 1.82) is 0 Å². The fourth-order valence-electron chi connectivity index (χ4n) is 3.79. The summed E-state index contributed by atoms with van der Waals surface area (Å²) >= 11 is 1.67. The number of rotatable bonds is 5. The molecule has 0 atom stereocenters. The van der Waals surface area contributed by atoms with Gasteiger partial charge in [-0.1, -0.05) is 12.1 Å². The summed E-state index contributed by atoms with van der Waals surface area (Å²) in [5.74, 6) is 1.19. The van der Waals surface area contributed by atoms with E-state index in [0.29, 0.717) is 12.8 Å². The van der Waals surface area contributed by atoms with Crippen molar-refractivity contribution < 1.29 is 9.90 Å². The number of aryl methyl sites for hydroxylation is 2. The van der Waals surface area contributed by atoms with E-state index in [2.05, 4.69) is 21.0 Å². The molecule has 146 valence electrons. The van der Waals surface area contributed by atoms with Crippen LogP contribution in [0.4, 0.5) is 0 Å². The average molecular weight is 397 g/mol. The Morgan fingerprint density at radius 3 is 2.79 bits per heavy atom. The second kappa shape index (κ2) is 8.32. The minimum atomic E-state index is -0.0447. The quantitative estimate of drug-likeness (QED) is 0.716. The first-order valence-electron chi connectivity index (χ1n) is 9.69. The van der Waals surface area contributed by atoms with E-state index in [1.807, 2.05) is 30.0 Å². The summed E-state index contributed by atoms with van der Waals surface area (Å²) in [6.45, 7) is 3.29. The van der Waals surface area contributed by atoms with E-state index in [1.165, 1.54) is 4.70 Å². The van der Waals surface area contributed by atoms with Gasteiger partial charge in [-0.15, -0.1) is 11.3 Å². The number of nitrogens with zero attached hydrogens (tertiary/aromatic N) is 4. The summed E-state index contributed by atoms with van der Waals surface area (Å²) in [5, 5.41) is 10.6. The highest BCUT2D eigenvalue weighted by Crippen LogP contribution is 2.29. The average Bonchev–Trinajstić information content (AvgIpc) is 3.15. The highest BCUT2D eigenvalue weighted by Gasteiger charge is 2.26. The standard InChI is InChI=1S/C21H24N4O2S/c1-14-22-12-16(13-26)21(23-14)15-8-10-25(11-9-15)20(27)7-6-19-24-17-4-2-3-5-18(17)28-19/h2-5,12,15,26H,6-11,13H2,1H3. The van der Waals surface area contributed by atoms with E-state index in [4.69, 9.17) is 0 Å². The van der Waals surface area contributed by atoms with Crippen LogP contribution in [0.5, 0.6) is 0 Å². The van der Waals surface area contributed by atoms with Gasteiger partial charge in [-0.2, -0.15) is 0 Å². The molecule has 1 aliphatic rings. The Balaban J connectivity index is 1.33. The summed E-state index contributed by atoms with van der Waals surface area (Å²) in [5.41, 5.74) is 2.75. The molecule has 0 unspecified atom stereocenters. The van der Waals surface area contributed by atoms with Crippen molar-refractivity contribution in [3.8, 4) is 0 Å². The van der Waals surface area contributed by atoms with Crippen LogP contribution in [-0.2, 0) is 17.8 Å². The van der Waals surface area contributed by atoms with Crippen molar-refractivity contribution in [3.05, 3.63) is 52.6 Å². The second-order valence-corrected chi connectivity index (χ2v) is 8.33. The predicted molar refractivity (Wildman–Crippen MR) is 109 cm³/mol. The van der Waals surface area contributed by atoms with Gasteiger partial charge >= 0.3 is 0 Å². The van der Waals surface area contributed by atoms with Gasteiger partial charge in [0.25, 0.3) is 0 Å². The van der Waals surface area contributed by atoms with Gasteiger partial charge in [0.05, 0.1) is 27.5 Å². The molecule has 7 heteroatoms. The number of fused-ring (bicyclic) bond motifs is 1. The number of thiazole rings is 1. The SMILES string of the molecule is Cc1ncc(CO)c(C2CCN(C(=O)CCc3nc4ccccc4s3)CC2)n1. The minimum Gasteiger partial charge on any atom is -0.392 e. The summed E-state index contributed by atoms with van der Waals surface area (Å²) in [6, 6.07) is 8.08. The molecule has 1 aromatic carbocycles. The lowest BCUT2D eigenvalue weighted by Crippen LogP contribution is -2.38. The van der Waals surface area contributed by atoms with Crippen LogP contribution in [0, 0.1) is 6.92 Å². The molecular weight excluding hydrogens is 372 g/mol. The van der Waals surface area contributed by atoms with Crippen molar-refractivity contribution in [3.63, 3.8) is 0 Å². The minimum absolute atomic E-state index is 0.0447. The van der Waals surface area contributed by atoms with E-state index in [1.54, 1.807) is 17.5 Å². The van der Waals surface area contributed by atoms with Crippen molar-refractivity contribution in [2.45, 2.75) is 45.1 Å². The fourth-order valence-corrected chi connectivity index (χ4v) is 4.76. The first kappa shape index (κ1) is 19.0. The first-order chi connectivity index (χ1) is 13.6. The molecule has 1 N–H and O–H groups in total. The Labute approximate surface area is 168 Å². The van der Waals surface area contributed by atoms with Gasteiger partial charge < -0.3 is 10.0 Å². The lowest BCUT2D eigenvalue weighted by atomic mass is 9.90. The van der Waals surface area contributed by atoms with Gasteiger partial charge in [0, 0.05) is 43.6 Å². The lowest BCUT2D eigenvalue weighted by molar-refractivity contribution is -0.132. The van der Waals surface area contributed by atoms with E-state index >= 15 is 0 Å². The number of aliphatic hydroxyl groups is 1. The molecule has 4 rings (SSSR count).